The van der Waals surface area contributed by atoms with Crippen molar-refractivity contribution in [2.75, 3.05) is 13.8 Å². The number of carbonyl (C=O) groups is 2. The number of aliphatic carboxylic acids is 1. The molecule has 98 valence electrons. The summed E-state index contributed by atoms with van der Waals surface area (Å²) in [5.74, 6) is -1.68. The molecule has 1 N–H and O–H groups in total. The minimum Gasteiger partial charge on any atom is -0.480 e. The predicted octanol–water partition coefficient (Wildman–Crippen LogP) is 0.847. The molecule has 0 heterocycles. The third kappa shape index (κ3) is 6.33. The molecule has 0 aliphatic rings. The minimum atomic E-state index is -1.03. The molecule has 0 rings (SSSR count). The van der Waals surface area contributed by atoms with E-state index >= 15 is 0 Å². The lowest BCUT2D eigenvalue weighted by Crippen LogP contribution is -2.31. The van der Waals surface area contributed by atoms with E-state index in [0.717, 1.165) is 5.01 Å². The van der Waals surface area contributed by atoms with Crippen LogP contribution in [-0.2, 0) is 19.2 Å². The Morgan fingerprint density at radius 1 is 1.35 bits per heavy atom. The Morgan fingerprint density at radius 3 is 2.41 bits per heavy atom. The van der Waals surface area contributed by atoms with Crippen LogP contribution in [-0.4, -0.2) is 41.9 Å². The van der Waals surface area contributed by atoms with Crippen molar-refractivity contribution in [3.63, 3.8) is 0 Å². The van der Waals surface area contributed by atoms with E-state index in [1.165, 1.54) is 14.0 Å². The maximum atomic E-state index is 11.0. The van der Waals surface area contributed by atoms with E-state index in [4.69, 9.17) is 5.11 Å². The quantitative estimate of drug-likeness (QED) is 0.235. The number of hydrogen-bond donors (Lipinski definition) is 1. The van der Waals surface area contributed by atoms with Crippen molar-refractivity contribution in [3.8, 4) is 0 Å². The number of carbonyl (C=O) groups excluding carboxylic acids is 1. The molecular weight excluding hydrogens is 230 g/mol. The first-order valence-electron chi connectivity index (χ1n) is 5.01. The largest absolute Gasteiger partial charge is 0.480 e. The first-order chi connectivity index (χ1) is 7.86. The number of ether oxygens (including phenoxy) is 1. The third-order valence-electron chi connectivity index (χ3n) is 1.88. The van der Waals surface area contributed by atoms with Crippen molar-refractivity contribution >= 4 is 11.9 Å². The van der Waals surface area contributed by atoms with Crippen molar-refractivity contribution in [1.29, 1.82) is 0 Å². The molecule has 0 saturated carbocycles. The van der Waals surface area contributed by atoms with Gasteiger partial charge in [0, 0.05) is 12.3 Å². The molecule has 0 saturated heterocycles. The Bertz CT molecular complexity index is 292. The average Bonchev–Trinajstić information content (AvgIpc) is 2.26. The van der Waals surface area contributed by atoms with E-state index in [1.807, 2.05) is 0 Å². The second-order valence-corrected chi connectivity index (χ2v) is 3.62. The van der Waals surface area contributed by atoms with Gasteiger partial charge < -0.3 is 14.7 Å². The van der Waals surface area contributed by atoms with Crippen LogP contribution in [0, 0.1) is 5.92 Å². The smallest absolute Gasteiger partial charge is 0.327 e. The molecular formula is C9H17N3O5. The lowest BCUT2D eigenvalue weighted by atomic mass is 10.2. The predicted molar refractivity (Wildman–Crippen MR) is 56.6 cm³/mol. The van der Waals surface area contributed by atoms with Crippen LogP contribution in [0.25, 0.3) is 0 Å². The summed E-state index contributed by atoms with van der Waals surface area (Å²) in [6.07, 6.45) is 0. The fourth-order valence-electron chi connectivity index (χ4n) is 0.595. The zero-order chi connectivity index (χ0) is 13.4. The summed E-state index contributed by atoms with van der Waals surface area (Å²) in [6, 6.07) is -0.819. The molecule has 8 nitrogen and oxygen atoms in total. The Kier molecular flexibility index (Phi) is 6.61. The summed E-state index contributed by atoms with van der Waals surface area (Å²) >= 11 is 0. The summed E-state index contributed by atoms with van der Waals surface area (Å²) in [6.45, 7) is 4.47. The van der Waals surface area contributed by atoms with Gasteiger partial charge >= 0.3 is 11.9 Å². The van der Waals surface area contributed by atoms with E-state index in [0.29, 0.717) is 0 Å². The van der Waals surface area contributed by atoms with Gasteiger partial charge in [-0.15, -0.1) is 0 Å². The van der Waals surface area contributed by atoms with Gasteiger partial charge in [0.15, 0.2) is 0 Å². The average molecular weight is 247 g/mol. The molecule has 0 aromatic carbocycles. The van der Waals surface area contributed by atoms with E-state index in [1.54, 1.807) is 13.8 Å². The molecule has 0 aromatic rings. The fourth-order valence-corrected chi connectivity index (χ4v) is 0.595. The summed E-state index contributed by atoms with van der Waals surface area (Å²) in [7, 11) is 1.44. The molecule has 0 spiro atoms. The maximum absolute atomic E-state index is 11.0. The molecule has 0 fully saturated rings. The number of likely N-dealkylation sites (N-methyl/N-ethyl adjacent to an activating group) is 1. The maximum Gasteiger partial charge on any atom is 0.327 e. The molecule has 0 radical (unpaired) electrons. The highest BCUT2D eigenvalue weighted by atomic mass is 16.8. The van der Waals surface area contributed by atoms with Gasteiger partial charge in [-0.3, -0.25) is 9.80 Å². The molecule has 0 bridgehead atoms. The van der Waals surface area contributed by atoms with E-state index in [2.05, 4.69) is 20.1 Å². The van der Waals surface area contributed by atoms with Crippen LogP contribution in [0.4, 0.5) is 0 Å². The van der Waals surface area contributed by atoms with Gasteiger partial charge in [0.25, 0.3) is 6.79 Å². The second kappa shape index (κ2) is 7.42. The van der Waals surface area contributed by atoms with Crippen LogP contribution in [0.2, 0.25) is 0 Å². The summed E-state index contributed by atoms with van der Waals surface area (Å²) in [5.41, 5.74) is 0. The van der Waals surface area contributed by atoms with Crippen LogP contribution in [0.15, 0.2) is 10.5 Å². The number of nitrogens with zero attached hydrogens (tertiary/aromatic N) is 3. The lowest BCUT2D eigenvalue weighted by Gasteiger charge is -2.14. The SMILES string of the molecule is CC(C)C(=O)OCO/N=N\N(C)[C@@H](C)C(=O)O. The third-order valence-corrected chi connectivity index (χ3v) is 1.88. The van der Waals surface area contributed by atoms with E-state index in [9.17, 15) is 9.59 Å². The number of carboxylic acids is 1. The number of hydrogen-bond acceptors (Lipinski definition) is 6. The Labute approximate surface area is 99.1 Å². The van der Waals surface area contributed by atoms with Gasteiger partial charge in [0.05, 0.1) is 5.92 Å². The fraction of sp³-hybridized carbons (Fsp3) is 0.778. The summed E-state index contributed by atoms with van der Waals surface area (Å²) in [5, 5.41) is 16.4. The van der Waals surface area contributed by atoms with Crippen LogP contribution in [0.3, 0.4) is 0 Å². The number of esters is 1. The van der Waals surface area contributed by atoms with Gasteiger partial charge in [0.1, 0.15) is 6.04 Å². The van der Waals surface area contributed by atoms with Crippen molar-refractivity contribution < 1.29 is 24.3 Å². The lowest BCUT2D eigenvalue weighted by molar-refractivity contribution is -0.161. The van der Waals surface area contributed by atoms with Crippen molar-refractivity contribution in [2.45, 2.75) is 26.8 Å². The Balaban J connectivity index is 3.81. The Hall–Kier alpha value is -1.86. The summed E-state index contributed by atoms with van der Waals surface area (Å²) < 4.78 is 4.64. The van der Waals surface area contributed by atoms with Gasteiger partial charge in [-0.1, -0.05) is 13.8 Å². The zero-order valence-electron chi connectivity index (χ0n) is 10.3. The van der Waals surface area contributed by atoms with Crippen molar-refractivity contribution in [2.24, 2.45) is 16.4 Å². The van der Waals surface area contributed by atoms with Gasteiger partial charge in [-0.25, -0.2) is 4.79 Å². The van der Waals surface area contributed by atoms with Crippen LogP contribution >= 0.6 is 0 Å². The van der Waals surface area contributed by atoms with Gasteiger partial charge in [0.2, 0.25) is 0 Å². The second-order valence-electron chi connectivity index (χ2n) is 3.62. The molecule has 0 aliphatic carbocycles. The first-order valence-corrected chi connectivity index (χ1v) is 5.01. The number of carboxylic acid groups (broad SMARTS) is 1. The van der Waals surface area contributed by atoms with Crippen molar-refractivity contribution in [3.05, 3.63) is 0 Å². The highest BCUT2D eigenvalue weighted by molar-refractivity contribution is 5.72. The Morgan fingerprint density at radius 2 is 1.94 bits per heavy atom. The summed E-state index contributed by atoms with van der Waals surface area (Å²) in [4.78, 5) is 26.1. The highest BCUT2D eigenvalue weighted by Gasteiger charge is 2.15. The molecule has 0 aromatic heterocycles. The van der Waals surface area contributed by atoms with Crippen molar-refractivity contribution in [1.82, 2.24) is 5.01 Å². The highest BCUT2D eigenvalue weighted by Crippen LogP contribution is 1.98. The monoisotopic (exact) mass is 247 g/mol. The standard InChI is InChI=1S/C9H17N3O5/c1-6(2)9(15)16-5-17-11-10-12(4)7(3)8(13)14/h6-7H,5H2,1-4H3,(H,13,14)/b11-10-/t7-/m0/s1. The minimum absolute atomic E-state index is 0.245. The van der Waals surface area contributed by atoms with Gasteiger partial charge in [-0.2, -0.15) is 0 Å². The molecule has 17 heavy (non-hydrogen) atoms. The molecule has 0 unspecified atom stereocenters. The van der Waals surface area contributed by atoms with Crippen LogP contribution in [0.5, 0.6) is 0 Å². The van der Waals surface area contributed by atoms with Gasteiger partial charge in [-0.05, 0) is 12.1 Å². The topological polar surface area (TPSA) is 101 Å². The molecule has 1 atom stereocenters. The van der Waals surface area contributed by atoms with Crippen LogP contribution < -0.4 is 0 Å². The van der Waals surface area contributed by atoms with E-state index < -0.39 is 18.0 Å². The normalized spacial score (nSPS) is 12.5. The number of rotatable bonds is 7. The first kappa shape index (κ1) is 15.1. The molecule has 8 heteroatoms. The van der Waals surface area contributed by atoms with Crippen LogP contribution in [0.1, 0.15) is 20.8 Å². The molecule has 0 aliphatic heterocycles. The molecule has 0 amide bonds. The van der Waals surface area contributed by atoms with E-state index in [-0.39, 0.29) is 12.7 Å². The zero-order valence-corrected chi connectivity index (χ0v) is 10.3.